The number of aryl methyl sites for hydroxylation is 1. The lowest BCUT2D eigenvalue weighted by Crippen LogP contribution is -2.27. The molecule has 136 valence electrons. The molecule has 0 saturated heterocycles. The van der Waals surface area contributed by atoms with Gasteiger partial charge in [0.25, 0.3) is 5.91 Å². The van der Waals surface area contributed by atoms with Crippen LogP contribution in [0.25, 0.3) is 0 Å². The van der Waals surface area contributed by atoms with Crippen molar-refractivity contribution >= 4 is 33.2 Å². The largest absolute Gasteiger partial charge is 0.345 e. The fraction of sp³-hybridized carbons (Fsp3) is 0.316. The summed E-state index contributed by atoms with van der Waals surface area (Å²) < 4.78 is 26.5. The minimum Gasteiger partial charge on any atom is -0.345 e. The summed E-state index contributed by atoms with van der Waals surface area (Å²) in [6.07, 6.45) is 3.16. The minimum atomic E-state index is -3.29. The fourth-order valence-electron chi connectivity index (χ4n) is 3.29. The van der Waals surface area contributed by atoms with Crippen molar-refractivity contribution in [1.82, 2.24) is 5.32 Å². The van der Waals surface area contributed by atoms with E-state index in [0.717, 1.165) is 18.4 Å². The van der Waals surface area contributed by atoms with Crippen molar-refractivity contribution < 1.29 is 13.2 Å². The van der Waals surface area contributed by atoms with Crippen molar-refractivity contribution in [1.29, 1.82) is 0 Å². The van der Waals surface area contributed by atoms with Crippen LogP contribution in [0.15, 0.2) is 42.5 Å². The first-order valence-electron chi connectivity index (χ1n) is 8.63. The van der Waals surface area contributed by atoms with Crippen molar-refractivity contribution in [3.63, 3.8) is 0 Å². The molecule has 1 atom stereocenters. The monoisotopic (exact) mass is 390 g/mol. The molecule has 2 aromatic rings. The van der Waals surface area contributed by atoms with E-state index in [1.807, 2.05) is 18.2 Å². The number of benzene rings is 2. The zero-order valence-corrected chi connectivity index (χ0v) is 15.6. The van der Waals surface area contributed by atoms with Gasteiger partial charge in [-0.3, -0.25) is 9.52 Å². The number of fused-ring (bicyclic) bond motifs is 1. The van der Waals surface area contributed by atoms with Crippen LogP contribution in [-0.4, -0.2) is 19.6 Å². The van der Waals surface area contributed by atoms with Crippen LogP contribution >= 0.6 is 11.6 Å². The van der Waals surface area contributed by atoms with Crippen LogP contribution in [0.3, 0.4) is 0 Å². The lowest BCUT2D eigenvalue weighted by atomic mass is 10.1. The Balaban J connectivity index is 1.43. The number of rotatable bonds is 5. The molecule has 0 aromatic heterocycles. The summed E-state index contributed by atoms with van der Waals surface area (Å²) >= 11 is 6.02. The highest BCUT2D eigenvalue weighted by Gasteiger charge is 2.35. The molecule has 2 aromatic carbocycles. The molecule has 2 aliphatic carbocycles. The van der Waals surface area contributed by atoms with Crippen LogP contribution in [0.1, 0.15) is 46.8 Å². The van der Waals surface area contributed by atoms with Gasteiger partial charge in [0.1, 0.15) is 0 Å². The molecule has 4 rings (SSSR count). The molecule has 0 unspecified atom stereocenters. The van der Waals surface area contributed by atoms with E-state index in [4.69, 9.17) is 11.6 Å². The molecule has 1 fully saturated rings. The van der Waals surface area contributed by atoms with Gasteiger partial charge in [-0.2, -0.15) is 0 Å². The van der Waals surface area contributed by atoms with Crippen molar-refractivity contribution in [2.24, 2.45) is 0 Å². The summed E-state index contributed by atoms with van der Waals surface area (Å²) in [5, 5.41) is 3.48. The van der Waals surface area contributed by atoms with Gasteiger partial charge in [-0.05, 0) is 73.2 Å². The Morgan fingerprint density at radius 3 is 2.46 bits per heavy atom. The Hall–Kier alpha value is -2.05. The normalized spacial score (nSPS) is 19.0. The Morgan fingerprint density at radius 2 is 1.77 bits per heavy atom. The Kier molecular flexibility index (Phi) is 4.40. The van der Waals surface area contributed by atoms with E-state index in [1.54, 1.807) is 24.3 Å². The zero-order valence-electron chi connectivity index (χ0n) is 14.0. The molecular formula is C19H19ClN2O3S. The number of amides is 1. The average molecular weight is 391 g/mol. The number of sulfonamides is 1. The van der Waals surface area contributed by atoms with Crippen molar-refractivity contribution in [2.45, 2.75) is 37.0 Å². The highest BCUT2D eigenvalue weighted by Crippen LogP contribution is 2.33. The molecule has 0 heterocycles. The predicted octanol–water partition coefficient (Wildman–Crippen LogP) is 3.66. The van der Waals surface area contributed by atoms with Crippen LogP contribution in [0.4, 0.5) is 5.69 Å². The highest BCUT2D eigenvalue weighted by molar-refractivity contribution is 7.93. The summed E-state index contributed by atoms with van der Waals surface area (Å²) in [7, 11) is -3.29. The molecule has 1 saturated carbocycles. The number of hydrogen-bond acceptors (Lipinski definition) is 3. The van der Waals surface area contributed by atoms with Crippen LogP contribution in [0, 0.1) is 0 Å². The molecule has 1 amide bonds. The van der Waals surface area contributed by atoms with Gasteiger partial charge in [0.05, 0.1) is 11.3 Å². The Labute approximate surface area is 157 Å². The first-order valence-corrected chi connectivity index (χ1v) is 10.6. The van der Waals surface area contributed by atoms with Crippen LogP contribution in [-0.2, 0) is 16.4 Å². The minimum absolute atomic E-state index is 0.0252. The molecule has 0 bridgehead atoms. The predicted molar refractivity (Wildman–Crippen MR) is 102 cm³/mol. The number of halogens is 1. The molecule has 7 heteroatoms. The SMILES string of the molecule is O=C(N[C@@H]1CCc2cc(Cl)ccc21)c1ccc(NS(=O)(=O)C2CC2)cc1. The molecule has 0 aliphatic heterocycles. The van der Waals surface area contributed by atoms with Gasteiger partial charge in [0.2, 0.25) is 10.0 Å². The number of carbonyl (C=O) groups excluding carboxylic acids is 1. The Morgan fingerprint density at radius 1 is 1.04 bits per heavy atom. The van der Waals surface area contributed by atoms with E-state index >= 15 is 0 Å². The summed E-state index contributed by atoms with van der Waals surface area (Å²) in [6.45, 7) is 0. The topological polar surface area (TPSA) is 75.3 Å². The molecule has 2 N–H and O–H groups in total. The maximum Gasteiger partial charge on any atom is 0.251 e. The second-order valence-electron chi connectivity index (χ2n) is 6.83. The molecule has 2 aliphatic rings. The smallest absolute Gasteiger partial charge is 0.251 e. The number of carbonyl (C=O) groups is 1. The molecule has 26 heavy (non-hydrogen) atoms. The fourth-order valence-corrected chi connectivity index (χ4v) is 4.88. The van der Waals surface area contributed by atoms with Gasteiger partial charge in [-0.25, -0.2) is 8.42 Å². The maximum atomic E-state index is 12.5. The molecular weight excluding hydrogens is 372 g/mol. The number of hydrogen-bond donors (Lipinski definition) is 2. The lowest BCUT2D eigenvalue weighted by Gasteiger charge is -2.14. The summed E-state index contributed by atoms with van der Waals surface area (Å²) in [6, 6.07) is 12.2. The summed E-state index contributed by atoms with van der Waals surface area (Å²) in [4.78, 5) is 12.5. The standard InChI is InChI=1S/C19H19ClN2O3S/c20-14-4-9-17-13(11-14)3-10-18(17)21-19(23)12-1-5-15(6-2-12)22-26(24,25)16-7-8-16/h1-2,4-6,9,11,16,18,22H,3,7-8,10H2,(H,21,23)/t18-/m1/s1. The first-order chi connectivity index (χ1) is 12.4. The van der Waals surface area contributed by atoms with Crippen LogP contribution in [0.2, 0.25) is 5.02 Å². The van der Waals surface area contributed by atoms with E-state index in [1.165, 1.54) is 5.56 Å². The van der Waals surface area contributed by atoms with E-state index in [9.17, 15) is 13.2 Å². The van der Waals surface area contributed by atoms with E-state index in [2.05, 4.69) is 10.0 Å². The van der Waals surface area contributed by atoms with Gasteiger partial charge in [-0.15, -0.1) is 0 Å². The maximum absolute atomic E-state index is 12.5. The molecule has 0 radical (unpaired) electrons. The number of nitrogens with one attached hydrogen (secondary N) is 2. The third-order valence-corrected chi connectivity index (χ3v) is 6.96. The van der Waals surface area contributed by atoms with Gasteiger partial charge in [-0.1, -0.05) is 17.7 Å². The zero-order chi connectivity index (χ0) is 18.3. The van der Waals surface area contributed by atoms with Crippen LogP contribution in [0.5, 0.6) is 0 Å². The lowest BCUT2D eigenvalue weighted by molar-refractivity contribution is 0.0936. The summed E-state index contributed by atoms with van der Waals surface area (Å²) in [5.74, 6) is -0.172. The summed E-state index contributed by atoms with van der Waals surface area (Å²) in [5.41, 5.74) is 3.26. The van der Waals surface area contributed by atoms with Gasteiger partial charge in [0, 0.05) is 16.3 Å². The van der Waals surface area contributed by atoms with Gasteiger partial charge >= 0.3 is 0 Å². The molecule has 5 nitrogen and oxygen atoms in total. The van der Waals surface area contributed by atoms with Crippen LogP contribution < -0.4 is 10.0 Å². The van der Waals surface area contributed by atoms with Crippen molar-refractivity contribution in [2.75, 3.05) is 4.72 Å². The van der Waals surface area contributed by atoms with E-state index < -0.39 is 10.0 Å². The molecule has 0 spiro atoms. The second kappa shape index (κ2) is 6.59. The van der Waals surface area contributed by atoms with E-state index in [-0.39, 0.29) is 17.2 Å². The third-order valence-electron chi connectivity index (χ3n) is 4.86. The number of anilines is 1. The van der Waals surface area contributed by atoms with Gasteiger partial charge in [0.15, 0.2) is 0 Å². The highest BCUT2D eigenvalue weighted by atomic mass is 35.5. The Bertz CT molecular complexity index is 953. The van der Waals surface area contributed by atoms with Crippen molar-refractivity contribution in [3.8, 4) is 0 Å². The second-order valence-corrected chi connectivity index (χ2v) is 9.23. The quantitative estimate of drug-likeness (QED) is 0.818. The first kappa shape index (κ1) is 17.4. The van der Waals surface area contributed by atoms with Gasteiger partial charge < -0.3 is 5.32 Å². The third kappa shape index (κ3) is 3.57. The average Bonchev–Trinajstić information content (AvgIpc) is 3.39. The van der Waals surface area contributed by atoms with Crippen molar-refractivity contribution in [3.05, 3.63) is 64.2 Å². The van der Waals surface area contributed by atoms with E-state index in [0.29, 0.717) is 29.1 Å².